The third-order valence-corrected chi connectivity index (χ3v) is 3.86. The number of nitrogens with zero attached hydrogens (tertiary/aromatic N) is 1. The molecule has 1 aliphatic rings. The first-order chi connectivity index (χ1) is 8.08. The molecule has 1 aromatic rings. The van der Waals surface area contributed by atoms with Crippen molar-refractivity contribution in [2.24, 2.45) is 0 Å². The second-order valence-corrected chi connectivity index (χ2v) is 5.54. The highest BCUT2D eigenvalue weighted by Gasteiger charge is 2.28. The maximum Gasteiger partial charge on any atom is 0.120 e. The zero-order valence-corrected chi connectivity index (χ0v) is 11.8. The number of aromatic hydroxyl groups is 1. The lowest BCUT2D eigenvalue weighted by atomic mass is 10.1. The smallest absolute Gasteiger partial charge is 0.120 e. The predicted molar refractivity (Wildman–Crippen MR) is 71.1 cm³/mol. The lowest BCUT2D eigenvalue weighted by Gasteiger charge is -2.26. The van der Waals surface area contributed by atoms with Gasteiger partial charge in [0.05, 0.1) is 6.10 Å². The topological polar surface area (TPSA) is 32.7 Å². The maximum atomic E-state index is 9.81. The number of rotatable bonds is 3. The van der Waals surface area contributed by atoms with Crippen LogP contribution in [-0.2, 0) is 11.3 Å². The molecule has 0 aliphatic carbocycles. The monoisotopic (exact) mass is 299 g/mol. The van der Waals surface area contributed by atoms with Gasteiger partial charge in [0.25, 0.3) is 0 Å². The van der Waals surface area contributed by atoms with Gasteiger partial charge in [-0.1, -0.05) is 15.9 Å². The van der Waals surface area contributed by atoms with Crippen molar-refractivity contribution >= 4 is 15.9 Å². The maximum absolute atomic E-state index is 9.81. The van der Waals surface area contributed by atoms with Crippen LogP contribution in [0.3, 0.4) is 0 Å². The van der Waals surface area contributed by atoms with E-state index in [9.17, 15) is 5.11 Å². The van der Waals surface area contributed by atoms with Gasteiger partial charge in [0, 0.05) is 29.2 Å². The van der Waals surface area contributed by atoms with E-state index in [2.05, 4.69) is 34.8 Å². The molecule has 0 spiro atoms. The van der Waals surface area contributed by atoms with Crippen LogP contribution < -0.4 is 0 Å². The highest BCUT2D eigenvalue weighted by Crippen LogP contribution is 2.26. The third-order valence-electron chi connectivity index (χ3n) is 3.36. The lowest BCUT2D eigenvalue weighted by Crippen LogP contribution is -2.36. The van der Waals surface area contributed by atoms with E-state index >= 15 is 0 Å². The number of likely N-dealkylation sites (N-methyl/N-ethyl adjacent to an activating group) is 1. The molecule has 0 aromatic heterocycles. The van der Waals surface area contributed by atoms with Crippen molar-refractivity contribution in [2.45, 2.75) is 32.0 Å². The standard InChI is InChI=1S/C13H18BrNO2/c1-9-12(5-6-17-9)15(2)8-10-7-11(14)3-4-13(10)16/h3-4,7,9,12,16H,5-6,8H2,1-2H3. The van der Waals surface area contributed by atoms with Crippen molar-refractivity contribution in [1.29, 1.82) is 0 Å². The number of ether oxygens (including phenoxy) is 1. The van der Waals surface area contributed by atoms with Crippen molar-refractivity contribution in [1.82, 2.24) is 4.90 Å². The zero-order chi connectivity index (χ0) is 12.4. The van der Waals surface area contributed by atoms with E-state index in [1.54, 1.807) is 6.07 Å². The SMILES string of the molecule is CC1OCCC1N(C)Cc1cc(Br)ccc1O. The average molecular weight is 300 g/mol. The molecular weight excluding hydrogens is 282 g/mol. The molecule has 2 rings (SSSR count). The summed E-state index contributed by atoms with van der Waals surface area (Å²) in [6.45, 7) is 3.68. The first-order valence-corrected chi connectivity index (χ1v) is 6.66. The second kappa shape index (κ2) is 5.38. The number of hydrogen-bond donors (Lipinski definition) is 1. The van der Waals surface area contributed by atoms with Gasteiger partial charge >= 0.3 is 0 Å². The number of phenolic OH excluding ortho intramolecular Hbond substituents is 1. The Morgan fingerprint density at radius 3 is 2.94 bits per heavy atom. The summed E-state index contributed by atoms with van der Waals surface area (Å²) in [5, 5.41) is 9.81. The van der Waals surface area contributed by atoms with Crippen LogP contribution in [0.1, 0.15) is 18.9 Å². The van der Waals surface area contributed by atoms with Crippen molar-refractivity contribution in [3.05, 3.63) is 28.2 Å². The van der Waals surface area contributed by atoms with Crippen molar-refractivity contribution in [3.8, 4) is 5.75 Å². The molecule has 1 fully saturated rings. The summed E-state index contributed by atoms with van der Waals surface area (Å²) in [5.41, 5.74) is 0.945. The van der Waals surface area contributed by atoms with Crippen LogP contribution in [0, 0.1) is 0 Å². The number of benzene rings is 1. The van der Waals surface area contributed by atoms with E-state index in [-0.39, 0.29) is 6.10 Å². The summed E-state index contributed by atoms with van der Waals surface area (Å²) in [5.74, 6) is 0.353. The van der Waals surface area contributed by atoms with Crippen molar-refractivity contribution in [3.63, 3.8) is 0 Å². The van der Waals surface area contributed by atoms with Gasteiger partial charge in [-0.25, -0.2) is 0 Å². The Morgan fingerprint density at radius 1 is 1.53 bits per heavy atom. The van der Waals surface area contributed by atoms with Gasteiger partial charge in [-0.3, -0.25) is 4.90 Å². The van der Waals surface area contributed by atoms with Gasteiger partial charge in [0.15, 0.2) is 0 Å². The molecule has 1 aromatic carbocycles. The van der Waals surface area contributed by atoms with Gasteiger partial charge in [-0.2, -0.15) is 0 Å². The first kappa shape index (κ1) is 12.9. The second-order valence-electron chi connectivity index (χ2n) is 4.62. The van der Waals surface area contributed by atoms with Gasteiger partial charge in [-0.15, -0.1) is 0 Å². The van der Waals surface area contributed by atoms with E-state index in [1.807, 2.05) is 12.1 Å². The largest absolute Gasteiger partial charge is 0.508 e. The summed E-state index contributed by atoms with van der Waals surface area (Å²) in [6.07, 6.45) is 1.33. The Kier molecular flexibility index (Phi) is 4.07. The fourth-order valence-electron chi connectivity index (χ4n) is 2.37. The highest BCUT2D eigenvalue weighted by atomic mass is 79.9. The van der Waals surface area contributed by atoms with Crippen LogP contribution in [0.15, 0.2) is 22.7 Å². The lowest BCUT2D eigenvalue weighted by molar-refractivity contribution is 0.0811. The molecule has 1 aliphatic heterocycles. The number of hydrogen-bond acceptors (Lipinski definition) is 3. The van der Waals surface area contributed by atoms with E-state index in [4.69, 9.17) is 4.74 Å². The van der Waals surface area contributed by atoms with Crippen molar-refractivity contribution in [2.75, 3.05) is 13.7 Å². The van der Waals surface area contributed by atoms with Gasteiger partial charge < -0.3 is 9.84 Å². The van der Waals surface area contributed by atoms with Crippen LogP contribution in [0.4, 0.5) is 0 Å². The average Bonchev–Trinajstić information content (AvgIpc) is 2.70. The van der Waals surface area contributed by atoms with E-state index in [0.717, 1.165) is 29.6 Å². The summed E-state index contributed by atoms with van der Waals surface area (Å²) in [7, 11) is 2.08. The van der Waals surface area contributed by atoms with E-state index in [1.165, 1.54) is 0 Å². The van der Waals surface area contributed by atoms with Crippen LogP contribution >= 0.6 is 15.9 Å². The van der Waals surface area contributed by atoms with Crippen LogP contribution in [-0.4, -0.2) is 35.8 Å². The normalized spacial score (nSPS) is 24.5. The van der Waals surface area contributed by atoms with Crippen molar-refractivity contribution < 1.29 is 9.84 Å². The summed E-state index contributed by atoms with van der Waals surface area (Å²) in [4.78, 5) is 2.25. The first-order valence-electron chi connectivity index (χ1n) is 5.87. The zero-order valence-electron chi connectivity index (χ0n) is 10.2. The molecule has 1 heterocycles. The molecule has 0 radical (unpaired) electrons. The summed E-state index contributed by atoms with van der Waals surface area (Å²) in [6, 6.07) is 5.97. The van der Waals surface area contributed by atoms with E-state index in [0.29, 0.717) is 11.8 Å². The predicted octanol–water partition coefficient (Wildman–Crippen LogP) is 2.76. The molecule has 0 amide bonds. The Balaban J connectivity index is 2.07. The minimum Gasteiger partial charge on any atom is -0.508 e. The minimum atomic E-state index is 0.272. The molecule has 0 saturated carbocycles. The van der Waals surface area contributed by atoms with Crippen LogP contribution in [0.2, 0.25) is 0 Å². The summed E-state index contributed by atoms with van der Waals surface area (Å²) < 4.78 is 6.56. The fourth-order valence-corrected chi connectivity index (χ4v) is 2.77. The summed E-state index contributed by atoms with van der Waals surface area (Å²) >= 11 is 3.43. The molecular formula is C13H18BrNO2. The van der Waals surface area contributed by atoms with Gasteiger partial charge in [0.1, 0.15) is 5.75 Å². The Labute approximate surface area is 111 Å². The Hall–Kier alpha value is -0.580. The van der Waals surface area contributed by atoms with E-state index < -0.39 is 0 Å². The quantitative estimate of drug-likeness (QED) is 0.931. The van der Waals surface area contributed by atoms with Crippen LogP contribution in [0.5, 0.6) is 5.75 Å². The Bertz CT molecular complexity index is 397. The molecule has 3 nitrogen and oxygen atoms in total. The number of phenols is 1. The molecule has 1 saturated heterocycles. The highest BCUT2D eigenvalue weighted by molar-refractivity contribution is 9.10. The fraction of sp³-hybridized carbons (Fsp3) is 0.538. The molecule has 4 heteroatoms. The van der Waals surface area contributed by atoms with Gasteiger partial charge in [0.2, 0.25) is 0 Å². The van der Waals surface area contributed by atoms with Gasteiger partial charge in [-0.05, 0) is 38.6 Å². The van der Waals surface area contributed by atoms with Crippen LogP contribution in [0.25, 0.3) is 0 Å². The third kappa shape index (κ3) is 3.00. The molecule has 94 valence electrons. The molecule has 2 atom stereocenters. The molecule has 17 heavy (non-hydrogen) atoms. The minimum absolute atomic E-state index is 0.272. The molecule has 0 bridgehead atoms. The molecule has 2 unspecified atom stereocenters. The number of halogens is 1. The Morgan fingerprint density at radius 2 is 2.29 bits per heavy atom. The molecule has 1 N–H and O–H groups in total.